The van der Waals surface area contributed by atoms with Gasteiger partial charge in [0, 0.05) is 11.8 Å². The lowest BCUT2D eigenvalue weighted by atomic mass is 10.2. The van der Waals surface area contributed by atoms with Crippen molar-refractivity contribution in [3.05, 3.63) is 60.7 Å². The highest BCUT2D eigenvalue weighted by Gasteiger charge is 2.03. The van der Waals surface area contributed by atoms with Crippen LogP contribution in [0.1, 0.15) is 5.69 Å². The smallest absolute Gasteiger partial charge is 0.247 e. The SMILES string of the molecule is c1ccc(COc2ccc(-c3nnco3)cc2)nc1. The van der Waals surface area contributed by atoms with Gasteiger partial charge in [-0.25, -0.2) is 0 Å². The van der Waals surface area contributed by atoms with Crippen molar-refractivity contribution < 1.29 is 9.15 Å². The molecular formula is C14H11N3O2. The van der Waals surface area contributed by atoms with Crippen molar-refractivity contribution in [2.24, 2.45) is 0 Å². The first-order chi connectivity index (χ1) is 9.42. The largest absolute Gasteiger partial charge is 0.487 e. The van der Waals surface area contributed by atoms with E-state index in [2.05, 4.69) is 15.2 Å². The summed E-state index contributed by atoms with van der Waals surface area (Å²) in [4.78, 5) is 4.19. The molecule has 0 fully saturated rings. The number of hydrogen-bond acceptors (Lipinski definition) is 5. The van der Waals surface area contributed by atoms with Crippen LogP contribution < -0.4 is 4.74 Å². The van der Waals surface area contributed by atoms with E-state index >= 15 is 0 Å². The van der Waals surface area contributed by atoms with Gasteiger partial charge in [0.25, 0.3) is 0 Å². The monoisotopic (exact) mass is 253 g/mol. The van der Waals surface area contributed by atoms with Gasteiger partial charge in [-0.2, -0.15) is 0 Å². The molecule has 0 bridgehead atoms. The number of benzene rings is 1. The Morgan fingerprint density at radius 1 is 1.05 bits per heavy atom. The molecule has 0 aliphatic heterocycles. The lowest BCUT2D eigenvalue weighted by molar-refractivity contribution is 0.301. The van der Waals surface area contributed by atoms with E-state index in [4.69, 9.17) is 9.15 Å². The molecule has 0 saturated heterocycles. The van der Waals surface area contributed by atoms with Gasteiger partial charge in [-0.05, 0) is 36.4 Å². The molecule has 0 aliphatic carbocycles. The van der Waals surface area contributed by atoms with Gasteiger partial charge in [-0.1, -0.05) is 6.07 Å². The third-order valence-electron chi connectivity index (χ3n) is 2.57. The van der Waals surface area contributed by atoms with Crippen LogP contribution in [0.2, 0.25) is 0 Å². The standard InChI is InChI=1S/C14H11N3O2/c1-2-8-15-12(3-1)9-18-13-6-4-11(5-7-13)14-17-16-10-19-14/h1-8,10H,9H2. The first-order valence-electron chi connectivity index (χ1n) is 5.81. The number of aromatic nitrogens is 3. The molecule has 0 N–H and O–H groups in total. The molecule has 0 saturated carbocycles. The van der Waals surface area contributed by atoms with Crippen LogP contribution in [0.4, 0.5) is 0 Å². The number of nitrogens with zero attached hydrogens (tertiary/aromatic N) is 3. The van der Waals surface area contributed by atoms with Crippen LogP contribution in [0.15, 0.2) is 59.5 Å². The predicted molar refractivity (Wildman–Crippen MR) is 68.3 cm³/mol. The zero-order valence-electron chi connectivity index (χ0n) is 10.1. The number of hydrogen-bond donors (Lipinski definition) is 0. The van der Waals surface area contributed by atoms with Gasteiger partial charge < -0.3 is 9.15 Å². The average molecular weight is 253 g/mol. The topological polar surface area (TPSA) is 61.0 Å². The van der Waals surface area contributed by atoms with Crippen LogP contribution in [0, 0.1) is 0 Å². The molecule has 0 atom stereocenters. The van der Waals surface area contributed by atoms with E-state index in [1.165, 1.54) is 6.39 Å². The van der Waals surface area contributed by atoms with Crippen molar-refractivity contribution >= 4 is 0 Å². The summed E-state index contributed by atoms with van der Waals surface area (Å²) in [6.45, 7) is 0.445. The highest BCUT2D eigenvalue weighted by atomic mass is 16.5. The van der Waals surface area contributed by atoms with Crippen LogP contribution >= 0.6 is 0 Å². The molecule has 0 amide bonds. The Morgan fingerprint density at radius 3 is 2.63 bits per heavy atom. The van der Waals surface area contributed by atoms with Gasteiger partial charge >= 0.3 is 0 Å². The minimum absolute atomic E-state index is 0.445. The Kier molecular flexibility index (Phi) is 3.18. The fourth-order valence-electron chi connectivity index (χ4n) is 1.63. The van der Waals surface area contributed by atoms with Gasteiger partial charge in [0.1, 0.15) is 12.4 Å². The predicted octanol–water partition coefficient (Wildman–Crippen LogP) is 2.71. The molecule has 3 aromatic rings. The summed E-state index contributed by atoms with van der Waals surface area (Å²) in [6, 6.07) is 13.2. The number of ether oxygens (including phenoxy) is 1. The Balaban J connectivity index is 1.67. The first-order valence-corrected chi connectivity index (χ1v) is 5.81. The molecule has 3 rings (SSSR count). The third kappa shape index (κ3) is 2.77. The summed E-state index contributed by atoms with van der Waals surface area (Å²) < 4.78 is 10.8. The normalized spacial score (nSPS) is 10.3. The summed E-state index contributed by atoms with van der Waals surface area (Å²) in [5, 5.41) is 7.48. The van der Waals surface area contributed by atoms with E-state index in [1.807, 2.05) is 42.5 Å². The minimum atomic E-state index is 0.445. The fraction of sp³-hybridized carbons (Fsp3) is 0.0714. The Morgan fingerprint density at radius 2 is 1.95 bits per heavy atom. The van der Waals surface area contributed by atoms with Crippen molar-refractivity contribution in [1.29, 1.82) is 0 Å². The van der Waals surface area contributed by atoms with Crippen molar-refractivity contribution in [2.75, 3.05) is 0 Å². The van der Waals surface area contributed by atoms with E-state index in [0.29, 0.717) is 12.5 Å². The molecule has 0 unspecified atom stereocenters. The van der Waals surface area contributed by atoms with Gasteiger partial charge in [0.05, 0.1) is 5.69 Å². The second-order valence-corrected chi connectivity index (χ2v) is 3.88. The van der Waals surface area contributed by atoms with E-state index in [1.54, 1.807) is 6.20 Å². The maximum absolute atomic E-state index is 5.64. The van der Waals surface area contributed by atoms with Crippen molar-refractivity contribution in [3.63, 3.8) is 0 Å². The molecule has 2 heterocycles. The number of pyridine rings is 1. The van der Waals surface area contributed by atoms with Crippen molar-refractivity contribution in [2.45, 2.75) is 6.61 Å². The Bertz CT molecular complexity index is 622. The third-order valence-corrected chi connectivity index (χ3v) is 2.57. The van der Waals surface area contributed by atoms with Crippen LogP contribution in [-0.4, -0.2) is 15.2 Å². The van der Waals surface area contributed by atoms with Crippen LogP contribution in [0.5, 0.6) is 5.75 Å². The molecule has 5 nitrogen and oxygen atoms in total. The lowest BCUT2D eigenvalue weighted by Gasteiger charge is -2.05. The summed E-state index contributed by atoms with van der Waals surface area (Å²) >= 11 is 0. The van der Waals surface area contributed by atoms with Gasteiger partial charge in [-0.15, -0.1) is 10.2 Å². The molecule has 2 aromatic heterocycles. The van der Waals surface area contributed by atoms with E-state index in [-0.39, 0.29) is 0 Å². The van der Waals surface area contributed by atoms with Gasteiger partial charge in [0.15, 0.2) is 0 Å². The van der Waals surface area contributed by atoms with Crippen LogP contribution in [0.3, 0.4) is 0 Å². The molecule has 0 spiro atoms. The molecular weight excluding hydrogens is 242 g/mol. The minimum Gasteiger partial charge on any atom is -0.487 e. The molecule has 19 heavy (non-hydrogen) atoms. The molecule has 94 valence electrons. The first kappa shape index (κ1) is 11.4. The highest BCUT2D eigenvalue weighted by molar-refractivity contribution is 5.53. The molecule has 5 heteroatoms. The van der Waals surface area contributed by atoms with Crippen molar-refractivity contribution in [1.82, 2.24) is 15.2 Å². The maximum Gasteiger partial charge on any atom is 0.247 e. The summed E-state index contributed by atoms with van der Waals surface area (Å²) in [7, 11) is 0. The average Bonchev–Trinajstić information content (AvgIpc) is 3.01. The molecule has 0 radical (unpaired) electrons. The van der Waals surface area contributed by atoms with Crippen LogP contribution in [-0.2, 0) is 6.61 Å². The van der Waals surface area contributed by atoms with E-state index in [0.717, 1.165) is 17.0 Å². The zero-order chi connectivity index (χ0) is 12.9. The van der Waals surface area contributed by atoms with Gasteiger partial charge in [0.2, 0.25) is 12.3 Å². The van der Waals surface area contributed by atoms with Crippen LogP contribution in [0.25, 0.3) is 11.5 Å². The Hall–Kier alpha value is -2.69. The number of rotatable bonds is 4. The fourth-order valence-corrected chi connectivity index (χ4v) is 1.63. The second-order valence-electron chi connectivity index (χ2n) is 3.88. The van der Waals surface area contributed by atoms with Crippen molar-refractivity contribution in [3.8, 4) is 17.2 Å². The highest BCUT2D eigenvalue weighted by Crippen LogP contribution is 2.20. The van der Waals surface area contributed by atoms with Gasteiger partial charge in [-0.3, -0.25) is 4.98 Å². The molecule has 1 aromatic carbocycles. The zero-order valence-corrected chi connectivity index (χ0v) is 10.1. The molecule has 0 aliphatic rings. The second kappa shape index (κ2) is 5.30. The Labute approximate surface area is 109 Å². The summed E-state index contributed by atoms with van der Waals surface area (Å²) in [5.41, 5.74) is 1.76. The van der Waals surface area contributed by atoms with E-state index in [9.17, 15) is 0 Å². The quantitative estimate of drug-likeness (QED) is 0.715. The summed E-state index contributed by atoms with van der Waals surface area (Å²) in [6.07, 6.45) is 3.05. The lowest BCUT2D eigenvalue weighted by Crippen LogP contribution is -1.97. The maximum atomic E-state index is 5.64. The summed E-state index contributed by atoms with van der Waals surface area (Å²) in [5.74, 6) is 1.27. The van der Waals surface area contributed by atoms with E-state index < -0.39 is 0 Å².